The van der Waals surface area contributed by atoms with E-state index in [9.17, 15) is 5.11 Å². The Labute approximate surface area is 137 Å². The van der Waals surface area contributed by atoms with E-state index < -0.39 is 6.10 Å². The van der Waals surface area contributed by atoms with Crippen LogP contribution in [0, 0.1) is 0 Å². The van der Waals surface area contributed by atoms with Crippen molar-refractivity contribution in [2.24, 2.45) is 0 Å². The average Bonchev–Trinajstić information content (AvgIpc) is 2.89. The highest BCUT2D eigenvalue weighted by atomic mass is 16.5. The van der Waals surface area contributed by atoms with Crippen LogP contribution < -0.4 is 4.90 Å². The molecule has 4 heteroatoms. The van der Waals surface area contributed by atoms with Gasteiger partial charge in [-0.3, -0.25) is 0 Å². The van der Waals surface area contributed by atoms with Crippen LogP contribution in [0.5, 0.6) is 0 Å². The lowest BCUT2D eigenvalue weighted by molar-refractivity contribution is -0.0386. The van der Waals surface area contributed by atoms with Crippen LogP contribution in [-0.2, 0) is 11.2 Å². The molecule has 1 aliphatic rings. The van der Waals surface area contributed by atoms with E-state index in [1.54, 1.807) is 0 Å². The zero-order valence-electron chi connectivity index (χ0n) is 13.7. The summed E-state index contributed by atoms with van der Waals surface area (Å²) >= 11 is 0. The predicted molar refractivity (Wildman–Crippen MR) is 91.7 cm³/mol. The van der Waals surface area contributed by atoms with Gasteiger partial charge in [0.25, 0.3) is 0 Å². The fraction of sp³-hybridized carbons (Fsp3) is 0.421. The molecule has 1 N–H and O–H groups in total. The molecule has 122 valence electrons. The third-order valence-electron chi connectivity index (χ3n) is 4.03. The van der Waals surface area contributed by atoms with E-state index in [0.29, 0.717) is 13.1 Å². The van der Waals surface area contributed by atoms with Gasteiger partial charge in [-0.15, -0.1) is 0 Å². The summed E-state index contributed by atoms with van der Waals surface area (Å²) in [6, 6.07) is 16.4. The van der Waals surface area contributed by atoms with Crippen LogP contribution in [0.25, 0.3) is 0 Å². The van der Waals surface area contributed by atoms with Gasteiger partial charge in [-0.25, -0.2) is 4.98 Å². The lowest BCUT2D eigenvalue weighted by Gasteiger charge is -2.19. The molecule has 0 bridgehead atoms. The Kier molecular flexibility index (Phi) is 4.94. The summed E-state index contributed by atoms with van der Waals surface area (Å²) in [5.74, 6) is 0.910. The summed E-state index contributed by atoms with van der Waals surface area (Å²) in [4.78, 5) is 6.86. The molecule has 1 aliphatic heterocycles. The van der Waals surface area contributed by atoms with Crippen LogP contribution >= 0.6 is 0 Å². The van der Waals surface area contributed by atoms with Crippen LogP contribution in [0.3, 0.4) is 0 Å². The van der Waals surface area contributed by atoms with Gasteiger partial charge in [-0.2, -0.15) is 0 Å². The number of benzene rings is 1. The van der Waals surface area contributed by atoms with E-state index in [2.05, 4.69) is 17.0 Å². The molecule has 2 atom stereocenters. The molecule has 2 heterocycles. The van der Waals surface area contributed by atoms with Crippen molar-refractivity contribution < 1.29 is 9.84 Å². The van der Waals surface area contributed by atoms with Crippen LogP contribution in [-0.4, -0.2) is 41.5 Å². The number of hydrogen-bond acceptors (Lipinski definition) is 4. The molecular formula is C19H24N2O2. The third kappa shape index (κ3) is 4.09. The van der Waals surface area contributed by atoms with E-state index in [1.165, 1.54) is 5.56 Å². The maximum Gasteiger partial charge on any atom is 0.128 e. The summed E-state index contributed by atoms with van der Waals surface area (Å²) in [6.45, 7) is 5.24. The zero-order chi connectivity index (χ0) is 16.2. The molecule has 1 saturated heterocycles. The molecule has 2 aromatic rings. The lowest BCUT2D eigenvalue weighted by atomic mass is 10.1. The second kappa shape index (κ2) is 7.11. The molecular weight excluding hydrogens is 288 g/mol. The highest BCUT2D eigenvalue weighted by Crippen LogP contribution is 2.22. The van der Waals surface area contributed by atoms with Gasteiger partial charge in [0, 0.05) is 25.2 Å². The number of aliphatic hydroxyl groups excluding tert-OH is 1. The van der Waals surface area contributed by atoms with Crippen LogP contribution in [0.2, 0.25) is 0 Å². The molecule has 0 spiro atoms. The van der Waals surface area contributed by atoms with E-state index in [1.807, 2.05) is 50.2 Å². The first kappa shape index (κ1) is 16.0. The number of β-amino-alcohol motifs (C(OH)–C–C–N with tert-alkyl or cyclic N) is 1. The van der Waals surface area contributed by atoms with Crippen LogP contribution in [0.15, 0.2) is 48.5 Å². The van der Waals surface area contributed by atoms with Crippen molar-refractivity contribution in [3.63, 3.8) is 0 Å². The van der Waals surface area contributed by atoms with Crippen molar-refractivity contribution in [2.45, 2.75) is 38.6 Å². The van der Waals surface area contributed by atoms with Gasteiger partial charge in [0.2, 0.25) is 0 Å². The minimum atomic E-state index is -0.461. The van der Waals surface area contributed by atoms with Crippen LogP contribution in [0.4, 0.5) is 5.82 Å². The number of pyridine rings is 1. The van der Waals surface area contributed by atoms with Crippen molar-refractivity contribution in [3.8, 4) is 0 Å². The number of ether oxygens (including phenoxy) is 1. The smallest absolute Gasteiger partial charge is 0.128 e. The van der Waals surface area contributed by atoms with E-state index in [-0.39, 0.29) is 12.2 Å². The Morgan fingerprint density at radius 2 is 1.91 bits per heavy atom. The normalized spacial score (nSPS) is 21.1. The van der Waals surface area contributed by atoms with Gasteiger partial charge < -0.3 is 14.7 Å². The van der Waals surface area contributed by atoms with Gasteiger partial charge in [0.15, 0.2) is 0 Å². The van der Waals surface area contributed by atoms with Gasteiger partial charge in [0.1, 0.15) is 11.9 Å². The Bertz CT molecular complexity index is 630. The number of aliphatic hydroxyl groups is 1. The fourth-order valence-electron chi connectivity index (χ4n) is 2.97. The third-order valence-corrected chi connectivity index (χ3v) is 4.03. The molecule has 0 unspecified atom stereocenters. The van der Waals surface area contributed by atoms with Crippen molar-refractivity contribution in [1.82, 2.24) is 4.98 Å². The number of anilines is 1. The highest BCUT2D eigenvalue weighted by Gasteiger charge is 2.33. The molecule has 0 radical (unpaired) electrons. The lowest BCUT2D eigenvalue weighted by Crippen LogP contribution is -2.29. The topological polar surface area (TPSA) is 45.6 Å². The zero-order valence-corrected chi connectivity index (χ0v) is 13.7. The molecule has 4 nitrogen and oxygen atoms in total. The number of hydrogen-bond donors (Lipinski definition) is 1. The minimum Gasteiger partial charge on any atom is -0.388 e. The van der Waals surface area contributed by atoms with E-state index in [4.69, 9.17) is 9.72 Å². The predicted octanol–water partition coefficient (Wildman–Crippen LogP) is 2.65. The van der Waals surface area contributed by atoms with Crippen molar-refractivity contribution >= 4 is 5.82 Å². The van der Waals surface area contributed by atoms with Crippen molar-refractivity contribution in [1.29, 1.82) is 0 Å². The summed E-state index contributed by atoms with van der Waals surface area (Å²) < 4.78 is 5.78. The second-order valence-electron chi connectivity index (χ2n) is 6.35. The SMILES string of the molecule is CC(C)O[C@H]1CN(c2cccc(Cc3ccccc3)n2)C[C@H]1O. The molecule has 1 aromatic heterocycles. The molecule has 23 heavy (non-hydrogen) atoms. The molecule has 0 saturated carbocycles. The number of nitrogens with zero attached hydrogens (tertiary/aromatic N) is 2. The monoisotopic (exact) mass is 312 g/mol. The summed E-state index contributed by atoms with van der Waals surface area (Å²) in [7, 11) is 0. The highest BCUT2D eigenvalue weighted by molar-refractivity contribution is 5.42. The first-order valence-corrected chi connectivity index (χ1v) is 8.20. The maximum atomic E-state index is 10.2. The molecule has 1 aromatic carbocycles. The van der Waals surface area contributed by atoms with Gasteiger partial charge in [-0.05, 0) is 31.5 Å². The average molecular weight is 312 g/mol. The van der Waals surface area contributed by atoms with E-state index in [0.717, 1.165) is 17.9 Å². The van der Waals surface area contributed by atoms with Gasteiger partial charge in [0.05, 0.1) is 12.2 Å². The minimum absolute atomic E-state index is 0.118. The second-order valence-corrected chi connectivity index (χ2v) is 6.35. The van der Waals surface area contributed by atoms with Crippen LogP contribution in [0.1, 0.15) is 25.1 Å². The molecule has 0 amide bonds. The number of rotatable bonds is 5. The molecule has 1 fully saturated rings. The van der Waals surface area contributed by atoms with E-state index >= 15 is 0 Å². The standard InChI is InChI=1S/C19H24N2O2/c1-14(2)23-18-13-21(12-17(18)22)19-10-6-9-16(20-19)11-15-7-4-3-5-8-15/h3-10,14,17-18,22H,11-13H2,1-2H3/t17-,18+/m1/s1. The Balaban J connectivity index is 1.70. The van der Waals surface area contributed by atoms with Gasteiger partial charge in [-0.1, -0.05) is 36.4 Å². The Morgan fingerprint density at radius 1 is 1.13 bits per heavy atom. The largest absolute Gasteiger partial charge is 0.388 e. The first-order chi connectivity index (χ1) is 11.1. The first-order valence-electron chi connectivity index (χ1n) is 8.20. The van der Waals surface area contributed by atoms with Gasteiger partial charge >= 0.3 is 0 Å². The Hall–Kier alpha value is -1.91. The fourth-order valence-corrected chi connectivity index (χ4v) is 2.97. The summed E-state index contributed by atoms with van der Waals surface area (Å²) in [6.07, 6.45) is 0.329. The Morgan fingerprint density at radius 3 is 2.65 bits per heavy atom. The molecule has 0 aliphatic carbocycles. The van der Waals surface area contributed by atoms with Crippen molar-refractivity contribution in [3.05, 3.63) is 59.8 Å². The summed E-state index contributed by atoms with van der Waals surface area (Å²) in [5, 5.41) is 10.2. The molecule has 3 rings (SSSR count). The quantitative estimate of drug-likeness (QED) is 0.922. The summed E-state index contributed by atoms with van der Waals surface area (Å²) in [5.41, 5.74) is 2.29. The maximum absolute atomic E-state index is 10.2. The van der Waals surface area contributed by atoms with Crippen molar-refractivity contribution in [2.75, 3.05) is 18.0 Å². The number of aromatic nitrogens is 1.